The summed E-state index contributed by atoms with van der Waals surface area (Å²) in [5.41, 5.74) is 0. The lowest BCUT2D eigenvalue weighted by Gasteiger charge is -2.39. The SMILES string of the molecule is CC(C)C1CCC(O)C(C(C)C(C)O)C1. The fraction of sp³-hybridized carbons (Fsp3) is 1.00. The first-order valence-electron chi connectivity index (χ1n) is 6.29. The molecule has 1 rings (SSSR count). The Morgan fingerprint density at radius 2 is 1.67 bits per heavy atom. The lowest BCUT2D eigenvalue weighted by Crippen LogP contribution is -2.38. The zero-order valence-corrected chi connectivity index (χ0v) is 10.5. The maximum absolute atomic E-state index is 9.98. The van der Waals surface area contributed by atoms with Crippen LogP contribution in [-0.2, 0) is 0 Å². The zero-order chi connectivity index (χ0) is 11.6. The summed E-state index contributed by atoms with van der Waals surface area (Å²) in [7, 11) is 0. The molecule has 0 aromatic carbocycles. The molecule has 2 N–H and O–H groups in total. The van der Waals surface area contributed by atoms with Crippen molar-refractivity contribution in [2.45, 2.75) is 59.2 Å². The van der Waals surface area contributed by atoms with Crippen LogP contribution in [0, 0.1) is 23.7 Å². The van der Waals surface area contributed by atoms with Crippen LogP contribution < -0.4 is 0 Å². The molecule has 15 heavy (non-hydrogen) atoms. The van der Waals surface area contributed by atoms with Crippen LogP contribution >= 0.6 is 0 Å². The molecule has 0 amide bonds. The number of rotatable bonds is 3. The van der Waals surface area contributed by atoms with E-state index in [1.54, 1.807) is 0 Å². The molecule has 0 saturated heterocycles. The van der Waals surface area contributed by atoms with E-state index in [-0.39, 0.29) is 24.0 Å². The standard InChI is InChI=1S/C13H26O2/c1-8(2)11-5-6-13(15)12(7-11)9(3)10(4)14/h8-15H,5-7H2,1-4H3. The van der Waals surface area contributed by atoms with Gasteiger partial charge in [0.05, 0.1) is 12.2 Å². The van der Waals surface area contributed by atoms with E-state index in [1.165, 1.54) is 0 Å². The van der Waals surface area contributed by atoms with E-state index in [9.17, 15) is 10.2 Å². The van der Waals surface area contributed by atoms with Crippen molar-refractivity contribution in [3.8, 4) is 0 Å². The molecule has 0 aromatic heterocycles. The van der Waals surface area contributed by atoms with E-state index >= 15 is 0 Å². The molecule has 2 nitrogen and oxygen atoms in total. The van der Waals surface area contributed by atoms with Gasteiger partial charge < -0.3 is 10.2 Å². The Balaban J connectivity index is 2.61. The molecule has 1 aliphatic rings. The van der Waals surface area contributed by atoms with E-state index in [0.29, 0.717) is 5.92 Å². The molecule has 1 saturated carbocycles. The highest BCUT2D eigenvalue weighted by Gasteiger charge is 2.35. The van der Waals surface area contributed by atoms with Crippen LogP contribution in [0.15, 0.2) is 0 Å². The van der Waals surface area contributed by atoms with E-state index in [1.807, 2.05) is 6.92 Å². The Morgan fingerprint density at radius 1 is 1.07 bits per heavy atom. The predicted octanol–water partition coefficient (Wildman–Crippen LogP) is 2.44. The summed E-state index contributed by atoms with van der Waals surface area (Å²) >= 11 is 0. The third-order valence-corrected chi connectivity index (χ3v) is 4.28. The third-order valence-electron chi connectivity index (χ3n) is 4.28. The summed E-state index contributed by atoms with van der Waals surface area (Å²) in [4.78, 5) is 0. The summed E-state index contributed by atoms with van der Waals surface area (Å²) in [6, 6.07) is 0. The molecule has 0 heterocycles. The molecule has 5 unspecified atom stereocenters. The molecule has 0 aromatic rings. The van der Waals surface area contributed by atoms with Crippen molar-refractivity contribution in [3.63, 3.8) is 0 Å². The molecule has 1 aliphatic carbocycles. The van der Waals surface area contributed by atoms with Gasteiger partial charge in [0, 0.05) is 0 Å². The van der Waals surface area contributed by atoms with E-state index in [4.69, 9.17) is 0 Å². The van der Waals surface area contributed by atoms with Gasteiger partial charge in [-0.1, -0.05) is 20.8 Å². The molecule has 0 radical (unpaired) electrons. The first-order valence-corrected chi connectivity index (χ1v) is 6.29. The van der Waals surface area contributed by atoms with Gasteiger partial charge in [0.2, 0.25) is 0 Å². The van der Waals surface area contributed by atoms with Gasteiger partial charge in [-0.15, -0.1) is 0 Å². The van der Waals surface area contributed by atoms with E-state index in [0.717, 1.165) is 25.2 Å². The maximum Gasteiger partial charge on any atom is 0.0572 e. The highest BCUT2D eigenvalue weighted by molar-refractivity contribution is 4.85. The average Bonchev–Trinajstić information content (AvgIpc) is 2.16. The normalized spacial score (nSPS) is 36.6. The Bertz CT molecular complexity index is 189. The second kappa shape index (κ2) is 5.31. The summed E-state index contributed by atoms with van der Waals surface area (Å²) in [6.07, 6.45) is 2.61. The second-order valence-corrected chi connectivity index (χ2v) is 5.65. The number of hydrogen-bond donors (Lipinski definition) is 2. The van der Waals surface area contributed by atoms with Gasteiger partial charge in [-0.05, 0) is 49.9 Å². The monoisotopic (exact) mass is 214 g/mol. The second-order valence-electron chi connectivity index (χ2n) is 5.65. The van der Waals surface area contributed by atoms with Crippen LogP contribution in [-0.4, -0.2) is 22.4 Å². The summed E-state index contributed by atoms with van der Waals surface area (Å²) < 4.78 is 0. The van der Waals surface area contributed by atoms with Crippen LogP contribution in [0.1, 0.15) is 47.0 Å². The van der Waals surface area contributed by atoms with Gasteiger partial charge in [0.25, 0.3) is 0 Å². The van der Waals surface area contributed by atoms with Crippen molar-refractivity contribution in [1.82, 2.24) is 0 Å². The molecule has 2 heteroatoms. The van der Waals surface area contributed by atoms with Crippen LogP contribution in [0.5, 0.6) is 0 Å². The minimum Gasteiger partial charge on any atom is -0.393 e. The van der Waals surface area contributed by atoms with Crippen LogP contribution in [0.25, 0.3) is 0 Å². The van der Waals surface area contributed by atoms with Crippen molar-refractivity contribution >= 4 is 0 Å². The smallest absolute Gasteiger partial charge is 0.0572 e. The highest BCUT2D eigenvalue weighted by Crippen LogP contribution is 2.38. The lowest BCUT2D eigenvalue weighted by molar-refractivity contribution is -0.0225. The maximum atomic E-state index is 9.98. The van der Waals surface area contributed by atoms with Crippen molar-refractivity contribution in [1.29, 1.82) is 0 Å². The first-order chi connectivity index (χ1) is 6.93. The van der Waals surface area contributed by atoms with Gasteiger partial charge in [-0.2, -0.15) is 0 Å². The minimum atomic E-state index is -0.310. The molecular formula is C13H26O2. The highest BCUT2D eigenvalue weighted by atomic mass is 16.3. The molecule has 90 valence electrons. The van der Waals surface area contributed by atoms with Gasteiger partial charge >= 0.3 is 0 Å². The number of hydrogen-bond acceptors (Lipinski definition) is 2. The Morgan fingerprint density at radius 3 is 2.13 bits per heavy atom. The summed E-state index contributed by atoms with van der Waals surface area (Å²) in [6.45, 7) is 8.40. The molecule has 0 bridgehead atoms. The fourth-order valence-corrected chi connectivity index (χ4v) is 2.75. The number of aliphatic hydroxyl groups excluding tert-OH is 2. The van der Waals surface area contributed by atoms with Crippen molar-refractivity contribution < 1.29 is 10.2 Å². The number of aliphatic hydroxyl groups is 2. The molecule has 1 fully saturated rings. The lowest BCUT2D eigenvalue weighted by atomic mass is 9.69. The van der Waals surface area contributed by atoms with Crippen molar-refractivity contribution in [2.75, 3.05) is 0 Å². The van der Waals surface area contributed by atoms with Crippen molar-refractivity contribution in [2.24, 2.45) is 23.7 Å². The molecule has 0 aliphatic heterocycles. The van der Waals surface area contributed by atoms with Crippen molar-refractivity contribution in [3.05, 3.63) is 0 Å². The quantitative estimate of drug-likeness (QED) is 0.757. The van der Waals surface area contributed by atoms with Crippen LogP contribution in [0.3, 0.4) is 0 Å². The van der Waals surface area contributed by atoms with Gasteiger partial charge in [0.15, 0.2) is 0 Å². The fourth-order valence-electron chi connectivity index (χ4n) is 2.75. The Labute approximate surface area is 93.7 Å². The Hall–Kier alpha value is -0.0800. The van der Waals surface area contributed by atoms with Gasteiger partial charge in [-0.25, -0.2) is 0 Å². The van der Waals surface area contributed by atoms with E-state index in [2.05, 4.69) is 20.8 Å². The van der Waals surface area contributed by atoms with Crippen LogP contribution in [0.2, 0.25) is 0 Å². The molecule has 5 atom stereocenters. The minimum absolute atomic E-state index is 0.204. The summed E-state index contributed by atoms with van der Waals surface area (Å²) in [5.74, 6) is 1.91. The molecular weight excluding hydrogens is 188 g/mol. The average molecular weight is 214 g/mol. The topological polar surface area (TPSA) is 40.5 Å². The Kier molecular flexibility index (Phi) is 4.60. The predicted molar refractivity (Wildman–Crippen MR) is 62.5 cm³/mol. The third kappa shape index (κ3) is 3.18. The summed E-state index contributed by atoms with van der Waals surface area (Å²) in [5, 5.41) is 19.6. The van der Waals surface area contributed by atoms with Gasteiger partial charge in [-0.3, -0.25) is 0 Å². The van der Waals surface area contributed by atoms with Gasteiger partial charge in [0.1, 0.15) is 0 Å². The first kappa shape index (κ1) is 13.0. The molecule has 0 spiro atoms. The van der Waals surface area contributed by atoms with E-state index < -0.39 is 0 Å². The largest absolute Gasteiger partial charge is 0.393 e. The zero-order valence-electron chi connectivity index (χ0n) is 10.5. The van der Waals surface area contributed by atoms with Crippen LogP contribution in [0.4, 0.5) is 0 Å².